The molecule has 1 aliphatic rings. The van der Waals surface area contributed by atoms with Gasteiger partial charge in [-0.05, 0) is 0 Å². The molecule has 0 unspecified atom stereocenters. The molecule has 1 fully saturated rings. The summed E-state index contributed by atoms with van der Waals surface area (Å²) in [5.41, 5.74) is 2.04. The van der Waals surface area contributed by atoms with E-state index in [0.717, 1.165) is 13.1 Å². The van der Waals surface area contributed by atoms with E-state index < -0.39 is 0 Å². The summed E-state index contributed by atoms with van der Waals surface area (Å²) in [5, 5.41) is 8.62. The second kappa shape index (κ2) is 4.15. The number of rotatable bonds is 0. The third kappa shape index (κ3) is 2.06. The molecule has 0 spiro atoms. The number of hydrogen-bond donors (Lipinski definition) is 2. The summed E-state index contributed by atoms with van der Waals surface area (Å²) in [6, 6.07) is 0. The molecule has 1 saturated heterocycles. The lowest BCUT2D eigenvalue weighted by Gasteiger charge is -2.28. The zero-order chi connectivity index (χ0) is 8.10. The summed E-state index contributed by atoms with van der Waals surface area (Å²) < 4.78 is 5.13. The van der Waals surface area contributed by atoms with E-state index >= 15 is 0 Å². The molecule has 2 N–H and O–H groups in total. The monoisotopic (exact) mass is 159 g/mol. The Kier molecular flexibility index (Phi) is 3.13. The van der Waals surface area contributed by atoms with Crippen LogP contribution in [0.1, 0.15) is 0 Å². The second-order valence-corrected chi connectivity index (χ2v) is 2.26. The van der Waals surface area contributed by atoms with Crippen molar-refractivity contribution in [2.75, 3.05) is 33.4 Å². The van der Waals surface area contributed by atoms with E-state index in [2.05, 4.69) is 4.99 Å². The van der Waals surface area contributed by atoms with Crippen LogP contribution in [0.3, 0.4) is 0 Å². The van der Waals surface area contributed by atoms with Crippen molar-refractivity contribution in [2.45, 2.75) is 0 Å². The van der Waals surface area contributed by atoms with Gasteiger partial charge >= 0.3 is 0 Å². The quantitative estimate of drug-likeness (QED) is 0.278. The molecule has 0 amide bonds. The van der Waals surface area contributed by atoms with E-state index in [1.165, 1.54) is 0 Å². The van der Waals surface area contributed by atoms with Gasteiger partial charge in [0, 0.05) is 20.1 Å². The Bertz CT molecular complexity index is 143. The minimum Gasteiger partial charge on any atom is -0.378 e. The Morgan fingerprint density at radius 1 is 1.55 bits per heavy atom. The number of ether oxygens (including phenoxy) is 1. The van der Waals surface area contributed by atoms with Crippen molar-refractivity contribution >= 4 is 5.96 Å². The highest BCUT2D eigenvalue weighted by Crippen LogP contribution is 1.95. The standard InChI is InChI=1S/C6H13N3O2/c1-7-6(8-10)9-2-4-11-5-3-9/h10H,2-5H2,1H3,(H,7,8). The van der Waals surface area contributed by atoms with E-state index in [-0.39, 0.29) is 0 Å². The van der Waals surface area contributed by atoms with Crippen molar-refractivity contribution in [3.05, 3.63) is 0 Å². The van der Waals surface area contributed by atoms with Crippen LogP contribution in [0.2, 0.25) is 0 Å². The summed E-state index contributed by atoms with van der Waals surface area (Å²) in [5.74, 6) is 0.508. The van der Waals surface area contributed by atoms with Crippen LogP contribution < -0.4 is 5.48 Å². The predicted molar refractivity (Wildman–Crippen MR) is 40.7 cm³/mol. The molecule has 11 heavy (non-hydrogen) atoms. The van der Waals surface area contributed by atoms with Gasteiger partial charge in [0.05, 0.1) is 13.2 Å². The number of hydroxylamine groups is 1. The Morgan fingerprint density at radius 2 is 2.18 bits per heavy atom. The molecule has 0 bridgehead atoms. The highest BCUT2D eigenvalue weighted by molar-refractivity contribution is 5.78. The van der Waals surface area contributed by atoms with Crippen molar-refractivity contribution in [2.24, 2.45) is 4.99 Å². The Balaban J connectivity index is 2.43. The summed E-state index contributed by atoms with van der Waals surface area (Å²) in [4.78, 5) is 5.79. The Labute approximate surface area is 65.6 Å². The first-order chi connectivity index (χ1) is 5.38. The fraction of sp³-hybridized carbons (Fsp3) is 0.833. The molecule has 0 radical (unpaired) electrons. The van der Waals surface area contributed by atoms with E-state index in [1.54, 1.807) is 7.05 Å². The zero-order valence-electron chi connectivity index (χ0n) is 6.58. The number of aliphatic imine (C=N–C) groups is 1. The van der Waals surface area contributed by atoms with E-state index in [4.69, 9.17) is 9.94 Å². The lowest BCUT2D eigenvalue weighted by molar-refractivity contribution is 0.0611. The molecule has 1 rings (SSSR count). The second-order valence-electron chi connectivity index (χ2n) is 2.26. The van der Waals surface area contributed by atoms with Gasteiger partial charge in [0.25, 0.3) is 0 Å². The molecule has 0 saturated carbocycles. The topological polar surface area (TPSA) is 57.1 Å². The van der Waals surface area contributed by atoms with Crippen molar-refractivity contribution in [1.29, 1.82) is 0 Å². The first-order valence-corrected chi connectivity index (χ1v) is 3.58. The maximum Gasteiger partial charge on any atom is 0.218 e. The molecule has 0 atom stereocenters. The van der Waals surface area contributed by atoms with Gasteiger partial charge in [-0.2, -0.15) is 0 Å². The highest BCUT2D eigenvalue weighted by atomic mass is 16.5. The Morgan fingerprint density at radius 3 is 2.64 bits per heavy atom. The first-order valence-electron chi connectivity index (χ1n) is 3.58. The van der Waals surface area contributed by atoms with Gasteiger partial charge in [-0.3, -0.25) is 10.2 Å². The largest absolute Gasteiger partial charge is 0.378 e. The van der Waals surface area contributed by atoms with Crippen LogP contribution >= 0.6 is 0 Å². The summed E-state index contributed by atoms with van der Waals surface area (Å²) in [7, 11) is 1.63. The van der Waals surface area contributed by atoms with E-state index in [9.17, 15) is 0 Å². The molecule has 64 valence electrons. The summed E-state index contributed by atoms with van der Waals surface area (Å²) in [6.45, 7) is 2.95. The summed E-state index contributed by atoms with van der Waals surface area (Å²) in [6.07, 6.45) is 0. The van der Waals surface area contributed by atoms with Gasteiger partial charge in [-0.15, -0.1) is 0 Å². The van der Waals surface area contributed by atoms with Crippen molar-refractivity contribution in [3.8, 4) is 0 Å². The molecule has 5 heteroatoms. The third-order valence-corrected chi connectivity index (χ3v) is 1.62. The van der Waals surface area contributed by atoms with Crippen LogP contribution in [0.15, 0.2) is 4.99 Å². The van der Waals surface area contributed by atoms with Gasteiger partial charge in [-0.1, -0.05) is 0 Å². The molecule has 1 heterocycles. The van der Waals surface area contributed by atoms with Gasteiger partial charge in [-0.25, -0.2) is 5.48 Å². The lowest BCUT2D eigenvalue weighted by Crippen LogP contribution is -2.46. The maximum atomic E-state index is 8.62. The molecule has 0 aromatic rings. The average molecular weight is 159 g/mol. The minimum absolute atomic E-state index is 0.508. The predicted octanol–water partition coefficient (Wildman–Crippen LogP) is -0.717. The molecule has 1 aliphatic heterocycles. The number of nitrogens with zero attached hydrogens (tertiary/aromatic N) is 2. The maximum absolute atomic E-state index is 8.62. The molecule has 0 aliphatic carbocycles. The van der Waals surface area contributed by atoms with Crippen molar-refractivity contribution in [3.63, 3.8) is 0 Å². The van der Waals surface area contributed by atoms with Crippen molar-refractivity contribution in [1.82, 2.24) is 10.4 Å². The van der Waals surface area contributed by atoms with Gasteiger partial charge < -0.3 is 9.64 Å². The fourth-order valence-electron chi connectivity index (χ4n) is 1.04. The lowest BCUT2D eigenvalue weighted by atomic mass is 10.4. The van der Waals surface area contributed by atoms with Crippen molar-refractivity contribution < 1.29 is 9.94 Å². The molecule has 0 aromatic carbocycles. The highest BCUT2D eigenvalue weighted by Gasteiger charge is 2.13. The number of morpholine rings is 1. The number of nitrogens with one attached hydrogen (secondary N) is 1. The fourth-order valence-corrected chi connectivity index (χ4v) is 1.04. The van der Waals surface area contributed by atoms with Crippen LogP contribution in [-0.2, 0) is 4.74 Å². The van der Waals surface area contributed by atoms with Gasteiger partial charge in [0.2, 0.25) is 5.96 Å². The Hall–Kier alpha value is -0.810. The van der Waals surface area contributed by atoms with Crippen LogP contribution in [0.5, 0.6) is 0 Å². The normalized spacial score (nSPS) is 20.2. The van der Waals surface area contributed by atoms with Crippen LogP contribution in [0.4, 0.5) is 0 Å². The average Bonchev–Trinajstić information content (AvgIpc) is 2.09. The SMILES string of the molecule is CN=C(NO)N1CCOCC1. The van der Waals surface area contributed by atoms with Crippen LogP contribution in [0.25, 0.3) is 0 Å². The smallest absolute Gasteiger partial charge is 0.218 e. The van der Waals surface area contributed by atoms with Crippen LogP contribution in [0, 0.1) is 0 Å². The van der Waals surface area contributed by atoms with Crippen LogP contribution in [-0.4, -0.2) is 49.4 Å². The summed E-state index contributed by atoms with van der Waals surface area (Å²) >= 11 is 0. The molecule has 0 aromatic heterocycles. The zero-order valence-corrected chi connectivity index (χ0v) is 6.58. The van der Waals surface area contributed by atoms with E-state index in [0.29, 0.717) is 19.2 Å². The van der Waals surface area contributed by atoms with E-state index in [1.807, 2.05) is 10.4 Å². The first kappa shape index (κ1) is 8.29. The molecular weight excluding hydrogens is 146 g/mol. The number of hydrogen-bond acceptors (Lipinski definition) is 3. The number of guanidine groups is 1. The van der Waals surface area contributed by atoms with Gasteiger partial charge in [0.1, 0.15) is 0 Å². The molecular formula is C6H13N3O2. The third-order valence-electron chi connectivity index (χ3n) is 1.62. The van der Waals surface area contributed by atoms with Gasteiger partial charge in [0.15, 0.2) is 0 Å². The minimum atomic E-state index is 0.508. The molecule has 5 nitrogen and oxygen atoms in total.